The van der Waals surface area contributed by atoms with Gasteiger partial charge in [-0.05, 0) is 6.42 Å². The number of nitrogens with one attached hydrogen (secondary N) is 1. The minimum atomic E-state index is 0.0521. The molecular formula is C5H10N2O. The lowest BCUT2D eigenvalue weighted by Gasteiger charge is -2.22. The molecule has 46 valence electrons. The van der Waals surface area contributed by atoms with Crippen molar-refractivity contribution in [2.24, 2.45) is 0 Å². The topological polar surface area (TPSA) is 32.3 Å². The molecule has 0 aromatic carbocycles. The van der Waals surface area contributed by atoms with Crippen LogP contribution < -0.4 is 5.32 Å². The van der Waals surface area contributed by atoms with Crippen LogP contribution in [0.15, 0.2) is 0 Å². The fourth-order valence-corrected chi connectivity index (χ4v) is 0.748. The third kappa shape index (κ3) is 0.911. The molecule has 0 atom stereocenters. The number of nitrogens with zero attached hydrogens (tertiary/aromatic N) is 1. The van der Waals surface area contributed by atoms with E-state index in [0.29, 0.717) is 0 Å². The van der Waals surface area contributed by atoms with Crippen molar-refractivity contribution in [2.45, 2.75) is 6.42 Å². The summed E-state index contributed by atoms with van der Waals surface area (Å²) in [5, 5.41) is 2.72. The van der Waals surface area contributed by atoms with Gasteiger partial charge in [-0.1, -0.05) is 0 Å². The number of hydrogen-bond acceptors (Lipinski definition) is 1. The molecule has 0 aliphatic carbocycles. The van der Waals surface area contributed by atoms with Crippen molar-refractivity contribution < 1.29 is 4.79 Å². The van der Waals surface area contributed by atoms with E-state index in [9.17, 15) is 4.79 Å². The van der Waals surface area contributed by atoms with Crippen LogP contribution in [0.1, 0.15) is 6.42 Å². The van der Waals surface area contributed by atoms with Crippen LogP contribution in [0, 0.1) is 0 Å². The van der Waals surface area contributed by atoms with Crippen LogP contribution in [0.2, 0.25) is 0 Å². The molecule has 0 spiro atoms. The molecule has 1 heterocycles. The van der Waals surface area contributed by atoms with E-state index in [2.05, 4.69) is 5.32 Å². The minimum absolute atomic E-state index is 0.0521. The summed E-state index contributed by atoms with van der Waals surface area (Å²) >= 11 is 0. The van der Waals surface area contributed by atoms with Gasteiger partial charge in [0.15, 0.2) is 0 Å². The van der Waals surface area contributed by atoms with Gasteiger partial charge in [0, 0.05) is 20.1 Å². The van der Waals surface area contributed by atoms with Gasteiger partial charge in [-0.25, -0.2) is 4.79 Å². The molecule has 1 N–H and O–H groups in total. The van der Waals surface area contributed by atoms with Gasteiger partial charge in [0.05, 0.1) is 0 Å². The first-order chi connectivity index (χ1) is 3.80. The van der Waals surface area contributed by atoms with Gasteiger partial charge in [-0.15, -0.1) is 0 Å². The van der Waals surface area contributed by atoms with Crippen molar-refractivity contribution in [3.8, 4) is 0 Å². The van der Waals surface area contributed by atoms with E-state index in [0.717, 1.165) is 19.5 Å². The summed E-state index contributed by atoms with van der Waals surface area (Å²) < 4.78 is 0. The minimum Gasteiger partial charge on any atom is -0.338 e. The highest BCUT2D eigenvalue weighted by Gasteiger charge is 2.10. The maximum Gasteiger partial charge on any atom is 0.317 e. The van der Waals surface area contributed by atoms with Crippen LogP contribution in [-0.4, -0.2) is 31.1 Å². The summed E-state index contributed by atoms with van der Waals surface area (Å²) in [5.74, 6) is 0. The highest BCUT2D eigenvalue weighted by Crippen LogP contribution is 1.92. The Morgan fingerprint density at radius 2 is 2.50 bits per heavy atom. The van der Waals surface area contributed by atoms with Crippen LogP contribution in [0.25, 0.3) is 0 Å². The van der Waals surface area contributed by atoms with E-state index in [1.165, 1.54) is 0 Å². The second-order valence-electron chi connectivity index (χ2n) is 2.01. The van der Waals surface area contributed by atoms with Gasteiger partial charge >= 0.3 is 6.03 Å². The van der Waals surface area contributed by atoms with E-state index < -0.39 is 0 Å². The van der Waals surface area contributed by atoms with E-state index in [4.69, 9.17) is 0 Å². The smallest absolute Gasteiger partial charge is 0.317 e. The third-order valence-corrected chi connectivity index (χ3v) is 1.29. The molecule has 0 saturated carbocycles. The molecule has 3 nitrogen and oxygen atoms in total. The van der Waals surface area contributed by atoms with Crippen LogP contribution in [-0.2, 0) is 0 Å². The zero-order chi connectivity index (χ0) is 5.98. The maximum absolute atomic E-state index is 10.6. The second-order valence-corrected chi connectivity index (χ2v) is 2.01. The number of hydrogen-bond donors (Lipinski definition) is 1. The Kier molecular flexibility index (Phi) is 1.37. The van der Waals surface area contributed by atoms with Crippen LogP contribution in [0.4, 0.5) is 4.79 Å². The van der Waals surface area contributed by atoms with Crippen molar-refractivity contribution in [3.05, 3.63) is 0 Å². The lowest BCUT2D eigenvalue weighted by molar-refractivity contribution is 0.199. The molecule has 8 heavy (non-hydrogen) atoms. The van der Waals surface area contributed by atoms with Gasteiger partial charge in [0.2, 0.25) is 0 Å². The molecule has 3 heteroatoms. The van der Waals surface area contributed by atoms with Gasteiger partial charge in [-0.3, -0.25) is 0 Å². The van der Waals surface area contributed by atoms with E-state index in [-0.39, 0.29) is 6.03 Å². The zero-order valence-corrected chi connectivity index (χ0v) is 4.98. The third-order valence-electron chi connectivity index (χ3n) is 1.29. The predicted molar refractivity (Wildman–Crippen MR) is 30.6 cm³/mol. The number of urea groups is 1. The molecule has 0 unspecified atom stereocenters. The predicted octanol–water partition coefficient (Wildman–Crippen LogP) is 0.0315. The molecule has 0 aromatic heterocycles. The lowest BCUT2D eigenvalue weighted by atomic mass is 10.3. The largest absolute Gasteiger partial charge is 0.338 e. The molecular weight excluding hydrogens is 104 g/mol. The number of carbonyl (C=O) groups is 1. The Morgan fingerprint density at radius 3 is 2.88 bits per heavy atom. The quantitative estimate of drug-likeness (QED) is 0.473. The Labute approximate surface area is 48.7 Å². The summed E-state index contributed by atoms with van der Waals surface area (Å²) in [6.45, 7) is 1.73. The summed E-state index contributed by atoms with van der Waals surface area (Å²) in [4.78, 5) is 12.3. The van der Waals surface area contributed by atoms with E-state index in [1.54, 1.807) is 11.9 Å². The lowest BCUT2D eigenvalue weighted by Crippen LogP contribution is -2.43. The number of rotatable bonds is 0. The highest BCUT2D eigenvalue weighted by molar-refractivity contribution is 5.74. The first-order valence-corrected chi connectivity index (χ1v) is 2.79. The van der Waals surface area contributed by atoms with E-state index >= 15 is 0 Å². The first kappa shape index (κ1) is 5.41. The molecule has 0 aromatic rings. The molecule has 1 aliphatic rings. The molecule has 1 saturated heterocycles. The SMILES string of the molecule is CN1CCCNC1=O. The molecule has 0 bridgehead atoms. The molecule has 1 rings (SSSR count). The van der Waals surface area contributed by atoms with Crippen LogP contribution in [0.3, 0.4) is 0 Å². The van der Waals surface area contributed by atoms with Gasteiger partial charge in [0.1, 0.15) is 0 Å². The standard InChI is InChI=1S/C5H10N2O/c1-7-4-2-3-6-5(7)8/h2-4H2,1H3,(H,6,8). The van der Waals surface area contributed by atoms with E-state index in [1.807, 2.05) is 0 Å². The maximum atomic E-state index is 10.6. The Hall–Kier alpha value is -0.730. The number of carbonyl (C=O) groups excluding carboxylic acids is 1. The molecule has 0 radical (unpaired) electrons. The Bertz CT molecular complexity index is 103. The molecule has 1 fully saturated rings. The zero-order valence-electron chi connectivity index (χ0n) is 4.98. The summed E-state index contributed by atoms with van der Waals surface area (Å²) in [7, 11) is 1.80. The average Bonchev–Trinajstić information content (AvgIpc) is 1.77. The average molecular weight is 114 g/mol. The van der Waals surface area contributed by atoms with Gasteiger partial charge in [0.25, 0.3) is 0 Å². The van der Waals surface area contributed by atoms with Gasteiger partial charge in [-0.2, -0.15) is 0 Å². The number of amides is 2. The Morgan fingerprint density at radius 1 is 1.75 bits per heavy atom. The fourth-order valence-electron chi connectivity index (χ4n) is 0.748. The summed E-state index contributed by atoms with van der Waals surface area (Å²) in [6, 6.07) is 0.0521. The Balaban J connectivity index is 2.39. The fraction of sp³-hybridized carbons (Fsp3) is 0.800. The van der Waals surface area contributed by atoms with Crippen molar-refractivity contribution in [2.75, 3.05) is 20.1 Å². The van der Waals surface area contributed by atoms with Crippen molar-refractivity contribution in [1.82, 2.24) is 10.2 Å². The molecule has 1 aliphatic heterocycles. The van der Waals surface area contributed by atoms with Crippen molar-refractivity contribution >= 4 is 6.03 Å². The van der Waals surface area contributed by atoms with Crippen LogP contribution in [0.5, 0.6) is 0 Å². The first-order valence-electron chi connectivity index (χ1n) is 2.79. The van der Waals surface area contributed by atoms with Crippen LogP contribution >= 0.6 is 0 Å². The highest BCUT2D eigenvalue weighted by atomic mass is 16.2. The van der Waals surface area contributed by atoms with Gasteiger partial charge < -0.3 is 10.2 Å². The van der Waals surface area contributed by atoms with Crippen molar-refractivity contribution in [3.63, 3.8) is 0 Å². The normalized spacial score (nSPS) is 20.6. The summed E-state index contributed by atoms with van der Waals surface area (Å²) in [6.07, 6.45) is 1.07. The monoisotopic (exact) mass is 114 g/mol. The molecule has 2 amide bonds. The second kappa shape index (κ2) is 2.03. The van der Waals surface area contributed by atoms with Crippen molar-refractivity contribution in [1.29, 1.82) is 0 Å². The summed E-state index contributed by atoms with van der Waals surface area (Å²) in [5.41, 5.74) is 0.